The molecule has 7 heteroatoms. The van der Waals surface area contributed by atoms with Crippen molar-refractivity contribution in [2.75, 3.05) is 13.7 Å². The number of benzene rings is 1. The predicted octanol–water partition coefficient (Wildman–Crippen LogP) is 1.37. The second-order valence-electron chi connectivity index (χ2n) is 4.90. The molecule has 7 nitrogen and oxygen atoms in total. The lowest BCUT2D eigenvalue weighted by Gasteiger charge is -2.01. The van der Waals surface area contributed by atoms with E-state index >= 15 is 0 Å². The third-order valence-corrected chi connectivity index (χ3v) is 3.05. The fourth-order valence-corrected chi connectivity index (χ4v) is 1.78. The van der Waals surface area contributed by atoms with Crippen LogP contribution < -0.4 is 15.5 Å². The van der Waals surface area contributed by atoms with E-state index in [1.807, 2.05) is 12.1 Å². The lowest BCUT2D eigenvalue weighted by molar-refractivity contribution is -0.123. The minimum absolute atomic E-state index is 0.170. The van der Waals surface area contributed by atoms with E-state index in [9.17, 15) is 9.59 Å². The first kappa shape index (κ1) is 17.9. The van der Waals surface area contributed by atoms with Gasteiger partial charge in [-0.2, -0.15) is 5.10 Å². The van der Waals surface area contributed by atoms with Crippen LogP contribution in [-0.2, 0) is 9.59 Å². The van der Waals surface area contributed by atoms with E-state index in [1.54, 1.807) is 49.8 Å². The Bertz CT molecular complexity index is 756. The molecule has 0 fully saturated rings. The second-order valence-corrected chi connectivity index (χ2v) is 4.90. The number of nitrogens with zero attached hydrogens (tertiary/aromatic N) is 2. The molecule has 0 unspecified atom stereocenters. The van der Waals surface area contributed by atoms with Gasteiger partial charge in [-0.1, -0.05) is 18.2 Å². The summed E-state index contributed by atoms with van der Waals surface area (Å²) in [5.74, 6) is -0.0568. The molecule has 0 spiro atoms. The summed E-state index contributed by atoms with van der Waals surface area (Å²) in [5, 5.41) is 6.26. The summed E-state index contributed by atoms with van der Waals surface area (Å²) < 4.78 is 5.06. The maximum atomic E-state index is 11.7. The maximum absolute atomic E-state index is 11.7. The minimum atomic E-state index is -0.425. The minimum Gasteiger partial charge on any atom is -0.497 e. The Morgan fingerprint density at radius 3 is 2.68 bits per heavy atom. The lowest BCUT2D eigenvalue weighted by Crippen LogP contribution is -2.34. The molecule has 0 saturated carbocycles. The zero-order chi connectivity index (χ0) is 17.9. The molecule has 1 aromatic heterocycles. The molecule has 2 amide bonds. The van der Waals surface area contributed by atoms with Crippen LogP contribution in [0.25, 0.3) is 6.08 Å². The fourth-order valence-electron chi connectivity index (χ4n) is 1.78. The van der Waals surface area contributed by atoms with Crippen molar-refractivity contribution in [1.29, 1.82) is 0 Å². The molecule has 2 aromatic rings. The van der Waals surface area contributed by atoms with Crippen LogP contribution in [0.2, 0.25) is 0 Å². The van der Waals surface area contributed by atoms with Gasteiger partial charge in [-0.3, -0.25) is 14.6 Å². The van der Waals surface area contributed by atoms with Crippen molar-refractivity contribution < 1.29 is 14.3 Å². The highest BCUT2D eigenvalue weighted by Crippen LogP contribution is 2.12. The van der Waals surface area contributed by atoms with E-state index in [-0.39, 0.29) is 12.5 Å². The van der Waals surface area contributed by atoms with Crippen LogP contribution in [0.15, 0.2) is 60.0 Å². The molecule has 2 rings (SSSR count). The van der Waals surface area contributed by atoms with Crippen molar-refractivity contribution >= 4 is 24.1 Å². The number of methoxy groups -OCH3 is 1. The highest BCUT2D eigenvalue weighted by molar-refractivity contribution is 5.94. The van der Waals surface area contributed by atoms with Crippen molar-refractivity contribution in [2.24, 2.45) is 5.10 Å². The summed E-state index contributed by atoms with van der Waals surface area (Å²) in [4.78, 5) is 27.2. The largest absolute Gasteiger partial charge is 0.497 e. The third-order valence-electron chi connectivity index (χ3n) is 3.05. The van der Waals surface area contributed by atoms with Crippen LogP contribution in [0.1, 0.15) is 11.1 Å². The predicted molar refractivity (Wildman–Crippen MR) is 95.0 cm³/mol. The van der Waals surface area contributed by atoms with Crippen molar-refractivity contribution in [2.45, 2.75) is 0 Å². The molecular weight excluding hydrogens is 320 g/mol. The number of ether oxygens (including phenoxy) is 1. The molecule has 0 aliphatic rings. The molecule has 128 valence electrons. The van der Waals surface area contributed by atoms with Gasteiger partial charge in [-0.25, -0.2) is 5.43 Å². The zero-order valence-corrected chi connectivity index (χ0v) is 13.7. The number of hydrogen-bond donors (Lipinski definition) is 2. The first-order valence-electron chi connectivity index (χ1n) is 7.49. The monoisotopic (exact) mass is 338 g/mol. The zero-order valence-electron chi connectivity index (χ0n) is 13.7. The topological polar surface area (TPSA) is 92.7 Å². The number of amides is 2. The third kappa shape index (κ3) is 6.66. The van der Waals surface area contributed by atoms with Gasteiger partial charge in [0.05, 0.1) is 19.9 Å². The molecule has 0 aliphatic heterocycles. The smallest absolute Gasteiger partial charge is 0.259 e. The number of hydrazone groups is 1. The Kier molecular flexibility index (Phi) is 6.87. The van der Waals surface area contributed by atoms with E-state index in [4.69, 9.17) is 4.74 Å². The quantitative estimate of drug-likeness (QED) is 0.453. The normalized spacial score (nSPS) is 10.8. The number of carbonyl (C=O) groups excluding carboxylic acids is 2. The van der Waals surface area contributed by atoms with E-state index < -0.39 is 5.91 Å². The van der Waals surface area contributed by atoms with Crippen LogP contribution in [0, 0.1) is 0 Å². The van der Waals surface area contributed by atoms with Crippen molar-refractivity contribution in [1.82, 2.24) is 15.7 Å². The van der Waals surface area contributed by atoms with Crippen molar-refractivity contribution in [3.05, 3.63) is 66.0 Å². The second kappa shape index (κ2) is 9.61. The van der Waals surface area contributed by atoms with E-state index in [2.05, 4.69) is 20.8 Å². The van der Waals surface area contributed by atoms with Gasteiger partial charge in [0.2, 0.25) is 5.91 Å². The highest BCUT2D eigenvalue weighted by Gasteiger charge is 2.01. The number of rotatable bonds is 7. The van der Waals surface area contributed by atoms with E-state index in [0.717, 1.165) is 16.9 Å². The Morgan fingerprint density at radius 2 is 2.00 bits per heavy atom. The van der Waals surface area contributed by atoms with Gasteiger partial charge in [-0.15, -0.1) is 0 Å². The van der Waals surface area contributed by atoms with Crippen LogP contribution in [0.4, 0.5) is 0 Å². The van der Waals surface area contributed by atoms with Gasteiger partial charge < -0.3 is 10.1 Å². The summed E-state index contributed by atoms with van der Waals surface area (Å²) in [5.41, 5.74) is 3.93. The summed E-state index contributed by atoms with van der Waals surface area (Å²) in [6, 6.07) is 10.8. The fraction of sp³-hybridized carbons (Fsp3) is 0.111. The lowest BCUT2D eigenvalue weighted by atomic mass is 10.2. The Balaban J connectivity index is 1.72. The Hall–Kier alpha value is -3.48. The number of aromatic nitrogens is 1. The van der Waals surface area contributed by atoms with Gasteiger partial charge in [0.25, 0.3) is 5.91 Å². The van der Waals surface area contributed by atoms with Gasteiger partial charge in [-0.05, 0) is 29.8 Å². The molecule has 1 aromatic carbocycles. The van der Waals surface area contributed by atoms with Gasteiger partial charge in [0, 0.05) is 24.0 Å². The number of hydrogen-bond acceptors (Lipinski definition) is 5. The van der Waals surface area contributed by atoms with Gasteiger partial charge >= 0.3 is 0 Å². The summed E-state index contributed by atoms with van der Waals surface area (Å²) in [6.45, 7) is -0.170. The van der Waals surface area contributed by atoms with Crippen LogP contribution >= 0.6 is 0 Å². The Labute approximate surface area is 145 Å². The molecule has 0 aliphatic carbocycles. The average Bonchev–Trinajstić information content (AvgIpc) is 2.66. The van der Waals surface area contributed by atoms with Crippen molar-refractivity contribution in [3.63, 3.8) is 0 Å². The molecule has 0 saturated heterocycles. The number of nitrogens with one attached hydrogen (secondary N) is 2. The molecule has 2 N–H and O–H groups in total. The van der Waals surface area contributed by atoms with Crippen molar-refractivity contribution in [3.8, 4) is 5.75 Å². The highest BCUT2D eigenvalue weighted by atomic mass is 16.5. The standard InChI is InChI=1S/C18H18N4O3/c1-25-16-7-4-14(5-8-16)6-9-17(23)20-13-18(24)22-21-12-15-3-2-10-19-11-15/h2-12H,13H2,1H3,(H,20,23)(H,22,24)/b9-6+,21-12?. The molecule has 0 radical (unpaired) electrons. The SMILES string of the molecule is COc1ccc(/C=C/C(=O)NCC(=O)NN=Cc2cccnc2)cc1. The first-order valence-corrected chi connectivity index (χ1v) is 7.49. The summed E-state index contributed by atoms with van der Waals surface area (Å²) in [6.07, 6.45) is 7.73. The maximum Gasteiger partial charge on any atom is 0.259 e. The van der Waals surface area contributed by atoms with Crippen LogP contribution in [0.3, 0.4) is 0 Å². The van der Waals surface area contributed by atoms with Gasteiger partial charge in [0.15, 0.2) is 0 Å². The number of pyridine rings is 1. The Morgan fingerprint density at radius 1 is 1.20 bits per heavy atom. The first-order chi connectivity index (χ1) is 12.2. The summed E-state index contributed by atoms with van der Waals surface area (Å²) in [7, 11) is 1.59. The van der Waals surface area contributed by atoms with Gasteiger partial charge in [0.1, 0.15) is 5.75 Å². The average molecular weight is 338 g/mol. The molecule has 1 heterocycles. The number of carbonyl (C=O) groups is 2. The molecule has 25 heavy (non-hydrogen) atoms. The van der Waals surface area contributed by atoms with E-state index in [0.29, 0.717) is 0 Å². The molecule has 0 atom stereocenters. The molecular formula is C18H18N4O3. The van der Waals surface area contributed by atoms with E-state index in [1.165, 1.54) is 12.3 Å². The van der Waals surface area contributed by atoms with Crippen LogP contribution in [0.5, 0.6) is 5.75 Å². The van der Waals surface area contributed by atoms with Crippen LogP contribution in [-0.4, -0.2) is 36.7 Å². The molecule has 0 bridgehead atoms. The summed E-state index contributed by atoms with van der Waals surface area (Å²) >= 11 is 0.